The molecule has 1 aromatic carbocycles. The quantitative estimate of drug-likeness (QED) is 0.420. The van der Waals surface area contributed by atoms with Gasteiger partial charge in [0, 0.05) is 31.1 Å². The molecule has 0 aliphatic heterocycles. The standard InChI is InChI=1S/C11H10Br2N4S/c1-5-7(4-15-17-11(14)18)6-2-8(12)9(13)3-10(6)16-5/h2-4,16H,1H3,(H3,14,17,18)/b15-4+. The predicted molar refractivity (Wildman–Crippen MR) is 86.0 cm³/mol. The van der Waals surface area contributed by atoms with Crippen LogP contribution in [0.3, 0.4) is 0 Å². The molecule has 0 fully saturated rings. The predicted octanol–water partition coefficient (Wildman–Crippen LogP) is 3.17. The highest BCUT2D eigenvalue weighted by Gasteiger charge is 2.09. The van der Waals surface area contributed by atoms with E-state index in [1.807, 2.05) is 19.1 Å². The summed E-state index contributed by atoms with van der Waals surface area (Å²) < 4.78 is 1.99. The van der Waals surface area contributed by atoms with Crippen molar-refractivity contribution in [2.75, 3.05) is 0 Å². The topological polar surface area (TPSA) is 66.2 Å². The van der Waals surface area contributed by atoms with Gasteiger partial charge in [-0.05, 0) is 63.1 Å². The number of benzene rings is 1. The molecule has 4 N–H and O–H groups in total. The zero-order valence-electron chi connectivity index (χ0n) is 9.42. The van der Waals surface area contributed by atoms with E-state index in [0.717, 1.165) is 31.1 Å². The van der Waals surface area contributed by atoms with Crippen molar-refractivity contribution < 1.29 is 0 Å². The van der Waals surface area contributed by atoms with E-state index >= 15 is 0 Å². The number of nitrogens with one attached hydrogen (secondary N) is 2. The van der Waals surface area contributed by atoms with Crippen LogP contribution in [-0.2, 0) is 0 Å². The number of thiocarbonyl (C=S) groups is 1. The van der Waals surface area contributed by atoms with Gasteiger partial charge < -0.3 is 10.7 Å². The van der Waals surface area contributed by atoms with Crippen LogP contribution >= 0.6 is 44.1 Å². The lowest BCUT2D eigenvalue weighted by Crippen LogP contribution is -2.24. The molecule has 0 unspecified atom stereocenters. The van der Waals surface area contributed by atoms with Crippen molar-refractivity contribution >= 4 is 66.3 Å². The number of fused-ring (bicyclic) bond motifs is 1. The summed E-state index contributed by atoms with van der Waals surface area (Å²) in [6.45, 7) is 1.99. The number of hydrogen-bond donors (Lipinski definition) is 3. The van der Waals surface area contributed by atoms with Crippen molar-refractivity contribution in [1.82, 2.24) is 10.4 Å². The van der Waals surface area contributed by atoms with Gasteiger partial charge in [-0.3, -0.25) is 5.43 Å². The van der Waals surface area contributed by atoms with Gasteiger partial charge in [0.2, 0.25) is 0 Å². The molecule has 4 nitrogen and oxygen atoms in total. The van der Waals surface area contributed by atoms with Crippen molar-refractivity contribution in [2.24, 2.45) is 10.8 Å². The number of nitrogens with zero attached hydrogens (tertiary/aromatic N) is 1. The average Bonchev–Trinajstić information content (AvgIpc) is 2.56. The Balaban J connectivity index is 2.50. The van der Waals surface area contributed by atoms with Crippen LogP contribution in [0.1, 0.15) is 11.3 Å². The summed E-state index contributed by atoms with van der Waals surface area (Å²) >= 11 is 11.7. The minimum atomic E-state index is 0.146. The van der Waals surface area contributed by atoms with E-state index in [1.165, 1.54) is 0 Å². The van der Waals surface area contributed by atoms with E-state index in [0.29, 0.717) is 0 Å². The molecule has 2 rings (SSSR count). The summed E-state index contributed by atoms with van der Waals surface area (Å²) in [5, 5.41) is 5.21. The van der Waals surface area contributed by atoms with E-state index in [9.17, 15) is 0 Å². The fourth-order valence-electron chi connectivity index (χ4n) is 1.67. The first-order chi connectivity index (χ1) is 8.49. The summed E-state index contributed by atoms with van der Waals surface area (Å²) in [4.78, 5) is 3.30. The molecule has 1 aromatic heterocycles. The van der Waals surface area contributed by atoms with E-state index in [2.05, 4.69) is 59.6 Å². The third-order valence-corrected chi connectivity index (χ3v) is 4.38. The van der Waals surface area contributed by atoms with Crippen molar-refractivity contribution in [3.05, 3.63) is 32.3 Å². The molecule has 1 heterocycles. The van der Waals surface area contributed by atoms with Crippen molar-refractivity contribution in [2.45, 2.75) is 6.92 Å². The lowest BCUT2D eigenvalue weighted by atomic mass is 10.1. The minimum Gasteiger partial charge on any atom is -0.375 e. The molecule has 0 radical (unpaired) electrons. The lowest BCUT2D eigenvalue weighted by molar-refractivity contribution is 1.04. The van der Waals surface area contributed by atoms with Gasteiger partial charge in [0.1, 0.15) is 0 Å². The zero-order chi connectivity index (χ0) is 13.3. The van der Waals surface area contributed by atoms with E-state index < -0.39 is 0 Å². The average molecular weight is 390 g/mol. The maximum absolute atomic E-state index is 5.31. The summed E-state index contributed by atoms with van der Waals surface area (Å²) in [5.41, 5.74) is 10.9. The number of H-pyrrole nitrogens is 1. The molecule has 0 spiro atoms. The van der Waals surface area contributed by atoms with Crippen LogP contribution in [0.2, 0.25) is 0 Å². The van der Waals surface area contributed by atoms with Gasteiger partial charge in [0.25, 0.3) is 0 Å². The molecule has 18 heavy (non-hydrogen) atoms. The van der Waals surface area contributed by atoms with Gasteiger partial charge in [0.05, 0.1) is 6.21 Å². The van der Waals surface area contributed by atoms with Crippen molar-refractivity contribution in [3.63, 3.8) is 0 Å². The Bertz CT molecular complexity index is 648. The second-order valence-corrected chi connectivity index (χ2v) is 5.86. The highest BCUT2D eigenvalue weighted by molar-refractivity contribution is 9.13. The molecule has 0 bridgehead atoms. The fraction of sp³-hybridized carbons (Fsp3) is 0.0909. The van der Waals surface area contributed by atoms with Crippen LogP contribution < -0.4 is 11.2 Å². The first-order valence-electron chi connectivity index (χ1n) is 5.05. The molecular formula is C11H10Br2N4S. The smallest absolute Gasteiger partial charge is 0.184 e. The number of aryl methyl sites for hydroxylation is 1. The first kappa shape index (κ1) is 13.5. The highest BCUT2D eigenvalue weighted by Crippen LogP contribution is 2.30. The second kappa shape index (κ2) is 5.38. The highest BCUT2D eigenvalue weighted by atomic mass is 79.9. The Morgan fingerprint density at radius 1 is 1.44 bits per heavy atom. The Labute approximate surface area is 126 Å². The minimum absolute atomic E-state index is 0.146. The zero-order valence-corrected chi connectivity index (χ0v) is 13.4. The second-order valence-electron chi connectivity index (χ2n) is 3.71. The fourth-order valence-corrected chi connectivity index (χ4v) is 2.41. The Morgan fingerprint density at radius 3 is 2.78 bits per heavy atom. The number of hydrazone groups is 1. The van der Waals surface area contributed by atoms with Gasteiger partial charge in [0.15, 0.2) is 5.11 Å². The summed E-state index contributed by atoms with van der Waals surface area (Å²) in [6, 6.07) is 4.05. The van der Waals surface area contributed by atoms with Crippen molar-refractivity contribution in [1.29, 1.82) is 0 Å². The van der Waals surface area contributed by atoms with Crippen LogP contribution in [0.5, 0.6) is 0 Å². The first-order valence-corrected chi connectivity index (χ1v) is 7.04. The van der Waals surface area contributed by atoms with Crippen LogP contribution in [0.25, 0.3) is 10.9 Å². The molecule has 0 saturated heterocycles. The number of aromatic nitrogens is 1. The lowest BCUT2D eigenvalue weighted by Gasteiger charge is -1.98. The monoisotopic (exact) mass is 388 g/mol. The molecule has 0 amide bonds. The molecule has 2 aromatic rings. The van der Waals surface area contributed by atoms with Crippen LogP contribution in [0.4, 0.5) is 0 Å². The number of rotatable bonds is 2. The van der Waals surface area contributed by atoms with Gasteiger partial charge in [-0.15, -0.1) is 0 Å². The SMILES string of the molecule is Cc1[nH]c2cc(Br)c(Br)cc2c1/C=N/NC(N)=S. The molecule has 0 aliphatic rings. The molecule has 0 saturated carbocycles. The molecule has 0 aliphatic carbocycles. The third kappa shape index (κ3) is 2.73. The van der Waals surface area contributed by atoms with E-state index in [-0.39, 0.29) is 5.11 Å². The number of halogens is 2. The number of aromatic amines is 1. The van der Waals surface area contributed by atoms with Crippen LogP contribution in [-0.4, -0.2) is 16.3 Å². The number of nitrogens with two attached hydrogens (primary N) is 1. The number of hydrogen-bond acceptors (Lipinski definition) is 2. The molecule has 94 valence electrons. The summed E-state index contributed by atoms with van der Waals surface area (Å²) in [6.07, 6.45) is 1.70. The molecule has 0 atom stereocenters. The Morgan fingerprint density at radius 2 is 2.11 bits per heavy atom. The molecule has 7 heteroatoms. The summed E-state index contributed by atoms with van der Waals surface area (Å²) in [7, 11) is 0. The van der Waals surface area contributed by atoms with E-state index in [1.54, 1.807) is 6.21 Å². The Hall–Kier alpha value is -0.920. The van der Waals surface area contributed by atoms with Gasteiger partial charge in [-0.25, -0.2) is 0 Å². The van der Waals surface area contributed by atoms with E-state index in [4.69, 9.17) is 5.73 Å². The van der Waals surface area contributed by atoms with Gasteiger partial charge >= 0.3 is 0 Å². The summed E-state index contributed by atoms with van der Waals surface area (Å²) in [5.74, 6) is 0. The van der Waals surface area contributed by atoms with Crippen LogP contribution in [0, 0.1) is 6.92 Å². The molecular weight excluding hydrogens is 380 g/mol. The normalized spacial score (nSPS) is 11.3. The van der Waals surface area contributed by atoms with Crippen molar-refractivity contribution in [3.8, 4) is 0 Å². The maximum Gasteiger partial charge on any atom is 0.184 e. The van der Waals surface area contributed by atoms with Gasteiger partial charge in [-0.1, -0.05) is 0 Å². The maximum atomic E-state index is 5.31. The van der Waals surface area contributed by atoms with Gasteiger partial charge in [-0.2, -0.15) is 5.10 Å². The Kier molecular flexibility index (Phi) is 4.04. The third-order valence-electron chi connectivity index (χ3n) is 2.45. The largest absolute Gasteiger partial charge is 0.375 e. The van der Waals surface area contributed by atoms with Crippen LogP contribution in [0.15, 0.2) is 26.2 Å².